The first-order valence-electron chi connectivity index (χ1n) is 6.58. The molecule has 0 atom stereocenters. The van der Waals surface area contributed by atoms with Crippen LogP contribution in [0.4, 0.5) is 0 Å². The van der Waals surface area contributed by atoms with E-state index in [9.17, 15) is 5.26 Å². The third kappa shape index (κ3) is 3.08. The second-order valence-electron chi connectivity index (χ2n) is 4.64. The van der Waals surface area contributed by atoms with Crippen LogP contribution >= 0.6 is 27.7 Å². The summed E-state index contributed by atoms with van der Waals surface area (Å²) >= 11 is 4.80. The molecule has 22 heavy (non-hydrogen) atoms. The summed E-state index contributed by atoms with van der Waals surface area (Å²) in [6.45, 7) is 1.99. The lowest BCUT2D eigenvalue weighted by atomic mass is 10.1. The van der Waals surface area contributed by atoms with E-state index in [2.05, 4.69) is 27.0 Å². The molecule has 3 rings (SSSR count). The van der Waals surface area contributed by atoms with Gasteiger partial charge in [-0.25, -0.2) is 0 Å². The number of aromatic nitrogens is 1. The molecule has 0 aliphatic rings. The van der Waals surface area contributed by atoms with Crippen molar-refractivity contribution in [1.82, 2.24) is 4.98 Å². The average Bonchev–Trinajstić information content (AvgIpc) is 2.93. The van der Waals surface area contributed by atoms with Gasteiger partial charge in [0, 0.05) is 14.9 Å². The Kier molecular flexibility index (Phi) is 4.32. The third-order valence-corrected chi connectivity index (χ3v) is 4.60. The van der Waals surface area contributed by atoms with Crippen LogP contribution in [0.15, 0.2) is 67.4 Å². The van der Waals surface area contributed by atoms with E-state index in [0.717, 1.165) is 20.5 Å². The van der Waals surface area contributed by atoms with E-state index < -0.39 is 0 Å². The molecule has 0 saturated heterocycles. The molecule has 0 amide bonds. The molecule has 0 bridgehead atoms. The number of oxazole rings is 1. The molecule has 3 nitrogen and oxygen atoms in total. The minimum Gasteiger partial charge on any atom is -0.428 e. The molecule has 0 spiro atoms. The average molecular weight is 371 g/mol. The van der Waals surface area contributed by atoms with Crippen LogP contribution in [0.3, 0.4) is 0 Å². The Morgan fingerprint density at radius 3 is 2.55 bits per heavy atom. The molecule has 1 aromatic heterocycles. The summed E-state index contributed by atoms with van der Waals surface area (Å²) in [4.78, 5) is 5.31. The highest BCUT2D eigenvalue weighted by Crippen LogP contribution is 2.35. The number of nitrogens with zero attached hydrogens (tertiary/aromatic N) is 2. The maximum Gasteiger partial charge on any atom is 0.229 e. The Labute approximate surface area is 141 Å². The quantitative estimate of drug-likeness (QED) is 0.616. The van der Waals surface area contributed by atoms with Gasteiger partial charge >= 0.3 is 0 Å². The zero-order valence-corrected chi connectivity index (χ0v) is 14.1. The van der Waals surface area contributed by atoms with Gasteiger partial charge in [0.25, 0.3) is 0 Å². The molecule has 5 heteroatoms. The largest absolute Gasteiger partial charge is 0.428 e. The second-order valence-corrected chi connectivity index (χ2v) is 6.60. The summed E-state index contributed by atoms with van der Waals surface area (Å²) < 4.78 is 6.83. The summed E-state index contributed by atoms with van der Waals surface area (Å²) in [6, 6.07) is 17.8. The Hall–Kier alpha value is -2.03. The molecular weight excluding hydrogens is 360 g/mol. The van der Waals surface area contributed by atoms with Crippen molar-refractivity contribution in [2.24, 2.45) is 0 Å². The maximum absolute atomic E-state index is 9.28. The minimum atomic E-state index is 0.311. The lowest BCUT2D eigenvalue weighted by Gasteiger charge is -2.00. The fourth-order valence-electron chi connectivity index (χ4n) is 1.98. The second kappa shape index (κ2) is 6.39. The molecule has 108 valence electrons. The predicted octanol–water partition coefficient (Wildman–Crippen LogP) is 5.44. The SMILES string of the molecule is Cc1ccccc1-c1nc(C#N)c(Sc2ccc(Br)cc2)o1. The molecule has 3 aromatic rings. The van der Waals surface area contributed by atoms with E-state index in [-0.39, 0.29) is 0 Å². The molecule has 0 aliphatic carbocycles. The number of benzene rings is 2. The first-order valence-corrected chi connectivity index (χ1v) is 8.18. The van der Waals surface area contributed by atoms with Gasteiger partial charge in [0.15, 0.2) is 5.69 Å². The van der Waals surface area contributed by atoms with Crippen molar-refractivity contribution in [2.75, 3.05) is 0 Å². The lowest BCUT2D eigenvalue weighted by molar-refractivity contribution is 0.483. The Morgan fingerprint density at radius 2 is 1.86 bits per heavy atom. The van der Waals surface area contributed by atoms with E-state index in [1.54, 1.807) is 0 Å². The molecule has 2 aromatic carbocycles. The molecule has 0 radical (unpaired) electrons. The Morgan fingerprint density at radius 1 is 1.14 bits per heavy atom. The standard InChI is InChI=1S/C17H11BrN2OS/c1-11-4-2-3-5-14(11)16-20-15(10-19)17(21-16)22-13-8-6-12(18)7-9-13/h2-9H,1H3. The first-order chi connectivity index (χ1) is 10.7. The zero-order chi connectivity index (χ0) is 15.5. The number of hydrogen-bond acceptors (Lipinski definition) is 4. The van der Waals surface area contributed by atoms with Crippen molar-refractivity contribution >= 4 is 27.7 Å². The van der Waals surface area contributed by atoms with Crippen LogP contribution in [0.1, 0.15) is 11.3 Å². The predicted molar refractivity (Wildman–Crippen MR) is 89.7 cm³/mol. The van der Waals surface area contributed by atoms with Crippen LogP contribution in [-0.2, 0) is 0 Å². The van der Waals surface area contributed by atoms with Crippen molar-refractivity contribution in [3.05, 3.63) is 64.3 Å². The van der Waals surface area contributed by atoms with Gasteiger partial charge in [-0.1, -0.05) is 34.1 Å². The van der Waals surface area contributed by atoms with Crippen LogP contribution in [0.5, 0.6) is 0 Å². The number of hydrogen-bond donors (Lipinski definition) is 0. The fourth-order valence-corrected chi connectivity index (χ4v) is 3.04. The van der Waals surface area contributed by atoms with Crippen molar-refractivity contribution < 1.29 is 4.42 Å². The van der Waals surface area contributed by atoms with Crippen LogP contribution in [-0.4, -0.2) is 4.98 Å². The molecule has 1 heterocycles. The van der Waals surface area contributed by atoms with Gasteiger partial charge in [-0.05, 0) is 54.6 Å². The van der Waals surface area contributed by atoms with Crippen LogP contribution < -0.4 is 0 Å². The summed E-state index contributed by atoms with van der Waals surface area (Å²) in [5.74, 6) is 0.481. The highest BCUT2D eigenvalue weighted by Gasteiger charge is 2.16. The Balaban J connectivity index is 1.97. The smallest absolute Gasteiger partial charge is 0.229 e. The molecule has 0 aliphatic heterocycles. The number of aryl methyl sites for hydroxylation is 1. The van der Waals surface area contributed by atoms with Crippen molar-refractivity contribution in [2.45, 2.75) is 16.9 Å². The summed E-state index contributed by atoms with van der Waals surface area (Å²) in [5, 5.41) is 9.79. The van der Waals surface area contributed by atoms with Gasteiger partial charge < -0.3 is 4.42 Å². The van der Waals surface area contributed by atoms with Crippen molar-refractivity contribution in [3.8, 4) is 17.5 Å². The number of rotatable bonds is 3. The highest BCUT2D eigenvalue weighted by molar-refractivity contribution is 9.10. The summed E-state index contributed by atoms with van der Waals surface area (Å²) in [6.07, 6.45) is 0. The zero-order valence-electron chi connectivity index (χ0n) is 11.7. The summed E-state index contributed by atoms with van der Waals surface area (Å²) in [5.41, 5.74) is 2.28. The van der Waals surface area contributed by atoms with E-state index in [4.69, 9.17) is 4.42 Å². The highest BCUT2D eigenvalue weighted by atomic mass is 79.9. The fraction of sp³-hybridized carbons (Fsp3) is 0.0588. The number of nitriles is 1. The lowest BCUT2D eigenvalue weighted by Crippen LogP contribution is -1.82. The van der Waals surface area contributed by atoms with Crippen molar-refractivity contribution in [1.29, 1.82) is 5.26 Å². The third-order valence-electron chi connectivity index (χ3n) is 3.10. The van der Waals surface area contributed by atoms with E-state index in [1.807, 2.05) is 55.5 Å². The number of halogens is 1. The minimum absolute atomic E-state index is 0.311. The van der Waals surface area contributed by atoms with Gasteiger partial charge in [-0.2, -0.15) is 10.2 Å². The van der Waals surface area contributed by atoms with Gasteiger partial charge in [0.05, 0.1) is 0 Å². The summed E-state index contributed by atoms with van der Waals surface area (Å²) in [7, 11) is 0. The first kappa shape index (κ1) is 14.9. The molecular formula is C17H11BrN2OS. The van der Waals surface area contributed by atoms with E-state index in [1.165, 1.54) is 11.8 Å². The van der Waals surface area contributed by atoms with Crippen LogP contribution in [0.2, 0.25) is 0 Å². The van der Waals surface area contributed by atoms with Gasteiger partial charge in [-0.15, -0.1) is 0 Å². The van der Waals surface area contributed by atoms with Gasteiger partial charge in [0.2, 0.25) is 11.0 Å². The Bertz CT molecular complexity index is 850. The van der Waals surface area contributed by atoms with Gasteiger partial charge in [-0.3, -0.25) is 0 Å². The van der Waals surface area contributed by atoms with Crippen molar-refractivity contribution in [3.63, 3.8) is 0 Å². The monoisotopic (exact) mass is 370 g/mol. The normalized spacial score (nSPS) is 10.4. The van der Waals surface area contributed by atoms with Gasteiger partial charge in [0.1, 0.15) is 6.07 Å². The topological polar surface area (TPSA) is 49.8 Å². The molecule has 0 fully saturated rings. The van der Waals surface area contributed by atoms with E-state index in [0.29, 0.717) is 16.7 Å². The van der Waals surface area contributed by atoms with E-state index >= 15 is 0 Å². The molecule has 0 unspecified atom stereocenters. The maximum atomic E-state index is 9.28. The molecule has 0 saturated carbocycles. The molecule has 0 N–H and O–H groups in total. The van der Waals surface area contributed by atoms with Crippen LogP contribution in [0.25, 0.3) is 11.5 Å². The van der Waals surface area contributed by atoms with Crippen LogP contribution in [0, 0.1) is 18.3 Å².